The molecule has 56 heavy (non-hydrogen) atoms. The highest BCUT2D eigenvalue weighted by Crippen LogP contribution is 2.16. The lowest BCUT2D eigenvalue weighted by Crippen LogP contribution is -2.28. The summed E-state index contributed by atoms with van der Waals surface area (Å²) in [5.41, 5.74) is 0. The molecule has 0 saturated heterocycles. The molecule has 0 aromatic rings. The number of rotatable bonds is 45. The van der Waals surface area contributed by atoms with Gasteiger partial charge >= 0.3 is 11.9 Å². The van der Waals surface area contributed by atoms with E-state index in [0.717, 1.165) is 57.8 Å². The third-order valence-corrected chi connectivity index (χ3v) is 10.9. The van der Waals surface area contributed by atoms with Gasteiger partial charge in [-0.3, -0.25) is 9.59 Å². The van der Waals surface area contributed by atoms with Crippen LogP contribution in [0.3, 0.4) is 0 Å². The SMILES string of the molecule is CCCCC/C=C\C/C=C\C/C=C\CCCCCCCCC(=O)OC(CO)COC(=O)CCCCCCCCCCCCCCCCCCCCCCCCC. The molecule has 0 rings (SSSR count). The number of aliphatic hydroxyl groups is 1. The van der Waals surface area contributed by atoms with Crippen LogP contribution in [-0.2, 0) is 19.1 Å². The fourth-order valence-corrected chi connectivity index (χ4v) is 7.21. The smallest absolute Gasteiger partial charge is 0.306 e. The molecule has 0 radical (unpaired) electrons. The van der Waals surface area contributed by atoms with Crippen LogP contribution < -0.4 is 0 Å². The summed E-state index contributed by atoms with van der Waals surface area (Å²) in [7, 11) is 0. The lowest BCUT2D eigenvalue weighted by Gasteiger charge is -2.15. The van der Waals surface area contributed by atoms with Gasteiger partial charge in [0.1, 0.15) is 6.61 Å². The Labute approximate surface area is 348 Å². The number of esters is 2. The van der Waals surface area contributed by atoms with Gasteiger partial charge in [0, 0.05) is 12.8 Å². The number of ether oxygens (including phenoxy) is 2. The summed E-state index contributed by atoms with van der Waals surface area (Å²) in [5, 5.41) is 9.61. The fourth-order valence-electron chi connectivity index (χ4n) is 7.21. The molecule has 0 spiro atoms. The average molecular weight is 787 g/mol. The maximum Gasteiger partial charge on any atom is 0.306 e. The van der Waals surface area contributed by atoms with Crippen molar-refractivity contribution in [2.75, 3.05) is 13.2 Å². The van der Waals surface area contributed by atoms with Gasteiger partial charge < -0.3 is 14.6 Å². The van der Waals surface area contributed by atoms with Crippen molar-refractivity contribution in [3.8, 4) is 0 Å². The summed E-state index contributed by atoms with van der Waals surface area (Å²) in [5.74, 6) is -0.594. The largest absolute Gasteiger partial charge is 0.462 e. The van der Waals surface area contributed by atoms with Crippen LogP contribution in [0.5, 0.6) is 0 Å². The second kappa shape index (κ2) is 47.5. The molecule has 0 aliphatic heterocycles. The van der Waals surface area contributed by atoms with Crippen molar-refractivity contribution in [2.24, 2.45) is 0 Å². The maximum atomic E-state index is 12.2. The van der Waals surface area contributed by atoms with Crippen LogP contribution in [0.4, 0.5) is 0 Å². The predicted molar refractivity (Wildman–Crippen MR) is 242 cm³/mol. The van der Waals surface area contributed by atoms with E-state index >= 15 is 0 Å². The van der Waals surface area contributed by atoms with Gasteiger partial charge in [0.15, 0.2) is 6.10 Å². The zero-order valence-corrected chi connectivity index (χ0v) is 37.4. The molecule has 1 atom stereocenters. The molecule has 1 unspecified atom stereocenters. The van der Waals surface area contributed by atoms with E-state index in [1.54, 1.807) is 0 Å². The molecule has 0 aromatic carbocycles. The van der Waals surface area contributed by atoms with Gasteiger partial charge in [-0.25, -0.2) is 0 Å². The van der Waals surface area contributed by atoms with E-state index in [4.69, 9.17) is 9.47 Å². The predicted octanol–water partition coefficient (Wildman–Crippen LogP) is 16.0. The molecule has 5 nitrogen and oxygen atoms in total. The van der Waals surface area contributed by atoms with Gasteiger partial charge in [0.05, 0.1) is 6.61 Å². The molecule has 1 N–H and O–H groups in total. The van der Waals surface area contributed by atoms with Gasteiger partial charge in [0.25, 0.3) is 0 Å². The molecule has 0 amide bonds. The van der Waals surface area contributed by atoms with E-state index in [0.29, 0.717) is 12.8 Å². The second-order valence-electron chi connectivity index (χ2n) is 16.5. The van der Waals surface area contributed by atoms with E-state index in [9.17, 15) is 14.7 Å². The molecule has 0 saturated carbocycles. The molecule has 0 fully saturated rings. The Bertz CT molecular complexity index is 893. The summed E-state index contributed by atoms with van der Waals surface area (Å²) in [4.78, 5) is 24.4. The van der Waals surface area contributed by atoms with E-state index in [1.165, 1.54) is 173 Å². The molecule has 0 aliphatic carbocycles. The van der Waals surface area contributed by atoms with Crippen molar-refractivity contribution in [1.82, 2.24) is 0 Å². The zero-order chi connectivity index (χ0) is 40.7. The molecular formula is C51H94O5. The lowest BCUT2D eigenvalue weighted by molar-refractivity contribution is -0.161. The van der Waals surface area contributed by atoms with E-state index in [2.05, 4.69) is 50.3 Å². The molecule has 0 bridgehead atoms. The average Bonchev–Trinajstić information content (AvgIpc) is 3.20. The lowest BCUT2D eigenvalue weighted by atomic mass is 10.0. The number of allylic oxidation sites excluding steroid dienone is 6. The Morgan fingerprint density at radius 1 is 0.411 bits per heavy atom. The Morgan fingerprint density at radius 2 is 0.714 bits per heavy atom. The van der Waals surface area contributed by atoms with Crippen LogP contribution in [0.1, 0.15) is 258 Å². The van der Waals surface area contributed by atoms with E-state index in [1.807, 2.05) is 0 Å². The molecule has 0 aliphatic rings. The van der Waals surface area contributed by atoms with Crippen LogP contribution in [0.2, 0.25) is 0 Å². The Kier molecular flexibility index (Phi) is 45.9. The van der Waals surface area contributed by atoms with Crippen molar-refractivity contribution in [1.29, 1.82) is 0 Å². The summed E-state index contributed by atoms with van der Waals surface area (Å²) in [6.45, 7) is 4.13. The minimum Gasteiger partial charge on any atom is -0.462 e. The van der Waals surface area contributed by atoms with Crippen LogP contribution in [0.25, 0.3) is 0 Å². The van der Waals surface area contributed by atoms with Gasteiger partial charge in [-0.05, 0) is 51.4 Å². The summed E-state index contributed by atoms with van der Waals surface area (Å²) < 4.78 is 10.7. The topological polar surface area (TPSA) is 72.8 Å². The first-order chi connectivity index (χ1) is 27.6. The number of hydrogen-bond donors (Lipinski definition) is 1. The van der Waals surface area contributed by atoms with E-state index in [-0.39, 0.29) is 25.2 Å². The van der Waals surface area contributed by atoms with Crippen molar-refractivity contribution < 1.29 is 24.2 Å². The Morgan fingerprint density at radius 3 is 1.11 bits per heavy atom. The minimum absolute atomic E-state index is 0.0678. The molecular weight excluding hydrogens is 693 g/mol. The highest BCUT2D eigenvalue weighted by atomic mass is 16.6. The third-order valence-electron chi connectivity index (χ3n) is 10.9. The standard InChI is InChI=1S/C51H94O5/c1-3-5-7-9-11-13-15-17-19-21-23-24-25-26-28-29-31-33-35-37-39-41-43-45-50(53)55-48-49(47-52)56-51(54)46-44-42-40-38-36-34-32-30-27-22-20-18-16-14-12-10-8-6-4-2/h12,14,18,20,27,30,49,52H,3-11,13,15-17,19,21-26,28-29,31-48H2,1-2H3/b14-12-,20-18-,30-27-. The van der Waals surface area contributed by atoms with Crippen LogP contribution in [0.15, 0.2) is 36.5 Å². The van der Waals surface area contributed by atoms with Crippen molar-refractivity contribution in [3.63, 3.8) is 0 Å². The Hall–Kier alpha value is -1.88. The van der Waals surface area contributed by atoms with Crippen LogP contribution in [-0.4, -0.2) is 36.4 Å². The summed E-state index contributed by atoms with van der Waals surface area (Å²) >= 11 is 0. The molecule has 0 heterocycles. The number of carbonyl (C=O) groups excluding carboxylic acids is 2. The first-order valence-electron chi connectivity index (χ1n) is 24.5. The highest BCUT2D eigenvalue weighted by Gasteiger charge is 2.16. The quantitative estimate of drug-likeness (QED) is 0.0378. The van der Waals surface area contributed by atoms with Crippen molar-refractivity contribution in [2.45, 2.75) is 264 Å². The molecule has 0 aromatic heterocycles. The highest BCUT2D eigenvalue weighted by molar-refractivity contribution is 5.70. The summed E-state index contributed by atoms with van der Waals surface area (Å²) in [6, 6.07) is 0. The summed E-state index contributed by atoms with van der Waals surface area (Å²) in [6.07, 6.45) is 59.4. The first kappa shape index (κ1) is 54.1. The third kappa shape index (κ3) is 44.8. The fraction of sp³-hybridized carbons (Fsp3) is 0.843. The number of hydrogen-bond acceptors (Lipinski definition) is 5. The number of unbranched alkanes of at least 4 members (excludes halogenated alkanes) is 31. The van der Waals surface area contributed by atoms with Crippen LogP contribution in [0, 0.1) is 0 Å². The van der Waals surface area contributed by atoms with Gasteiger partial charge in [0.2, 0.25) is 0 Å². The van der Waals surface area contributed by atoms with Gasteiger partial charge in [-0.2, -0.15) is 0 Å². The zero-order valence-electron chi connectivity index (χ0n) is 37.4. The van der Waals surface area contributed by atoms with Crippen molar-refractivity contribution >= 4 is 11.9 Å². The number of carbonyl (C=O) groups is 2. The van der Waals surface area contributed by atoms with E-state index < -0.39 is 6.10 Å². The first-order valence-corrected chi connectivity index (χ1v) is 24.5. The van der Waals surface area contributed by atoms with Gasteiger partial charge in [-0.15, -0.1) is 0 Å². The normalized spacial score (nSPS) is 12.4. The second-order valence-corrected chi connectivity index (χ2v) is 16.5. The van der Waals surface area contributed by atoms with Crippen molar-refractivity contribution in [3.05, 3.63) is 36.5 Å². The molecule has 328 valence electrons. The number of aliphatic hydroxyl groups excluding tert-OH is 1. The Balaban J connectivity index is 3.49. The molecule has 5 heteroatoms. The van der Waals surface area contributed by atoms with Crippen LogP contribution >= 0.6 is 0 Å². The van der Waals surface area contributed by atoms with Gasteiger partial charge in [-0.1, -0.05) is 230 Å². The minimum atomic E-state index is -0.776. The monoisotopic (exact) mass is 787 g/mol. The maximum absolute atomic E-state index is 12.2.